The van der Waals surface area contributed by atoms with Gasteiger partial charge in [-0.05, 0) is 24.5 Å². The summed E-state index contributed by atoms with van der Waals surface area (Å²) in [4.78, 5) is 11.7. The minimum absolute atomic E-state index is 0.0418. The highest BCUT2D eigenvalue weighted by molar-refractivity contribution is 5.62. The third-order valence-electron chi connectivity index (χ3n) is 3.36. The van der Waals surface area contributed by atoms with E-state index in [0.29, 0.717) is 11.3 Å². The number of hydrogen-bond donors (Lipinski definition) is 1. The molecule has 0 spiro atoms. The van der Waals surface area contributed by atoms with Gasteiger partial charge in [0.2, 0.25) is 0 Å². The Kier molecular flexibility index (Phi) is 4.36. The number of rotatable bonds is 6. The van der Waals surface area contributed by atoms with Crippen LogP contribution in [0.5, 0.6) is 0 Å². The first-order chi connectivity index (χ1) is 9.80. The lowest BCUT2D eigenvalue weighted by molar-refractivity contribution is -0.384. The van der Waals surface area contributed by atoms with Crippen molar-refractivity contribution in [3.63, 3.8) is 0 Å². The van der Waals surface area contributed by atoms with Crippen molar-refractivity contribution in [1.29, 1.82) is 0 Å². The number of nitrogens with one attached hydrogen (secondary N) is 1. The fraction of sp³-hybridized carbons (Fsp3) is 0.538. The Labute approximate surface area is 119 Å². The Morgan fingerprint density at radius 3 is 2.57 bits per heavy atom. The normalized spacial score (nSPS) is 15.3. The molecule has 1 aromatic carbocycles. The monoisotopic (exact) mass is 303 g/mol. The maximum Gasteiger partial charge on any atom is 0.401 e. The second kappa shape index (κ2) is 5.88. The van der Waals surface area contributed by atoms with Gasteiger partial charge in [-0.1, -0.05) is 6.07 Å². The van der Waals surface area contributed by atoms with Gasteiger partial charge >= 0.3 is 6.18 Å². The largest absolute Gasteiger partial charge is 0.401 e. The highest BCUT2D eigenvalue weighted by atomic mass is 19.4. The average molecular weight is 303 g/mol. The van der Waals surface area contributed by atoms with Crippen molar-refractivity contribution >= 4 is 11.4 Å². The molecule has 1 fully saturated rings. The van der Waals surface area contributed by atoms with Gasteiger partial charge in [-0.15, -0.1) is 0 Å². The first-order valence-corrected chi connectivity index (χ1v) is 6.56. The van der Waals surface area contributed by atoms with Gasteiger partial charge in [0, 0.05) is 25.7 Å². The number of hydrogen-bond acceptors (Lipinski definition) is 4. The molecule has 5 nitrogen and oxygen atoms in total. The molecule has 1 aliphatic rings. The summed E-state index contributed by atoms with van der Waals surface area (Å²) in [5, 5.41) is 13.5. The zero-order valence-corrected chi connectivity index (χ0v) is 11.5. The van der Waals surface area contributed by atoms with E-state index in [1.54, 1.807) is 7.05 Å². The maximum atomic E-state index is 12.6. The first-order valence-electron chi connectivity index (χ1n) is 6.56. The molecule has 8 heteroatoms. The number of nitro benzene ring substituents is 1. The number of nitro groups is 1. The Morgan fingerprint density at radius 1 is 1.43 bits per heavy atom. The summed E-state index contributed by atoms with van der Waals surface area (Å²) in [6.07, 6.45) is -2.71. The summed E-state index contributed by atoms with van der Waals surface area (Å²) in [5.74, 6) is 0. The molecule has 21 heavy (non-hydrogen) atoms. The topological polar surface area (TPSA) is 58.4 Å². The van der Waals surface area contributed by atoms with E-state index in [1.165, 1.54) is 23.1 Å². The maximum absolute atomic E-state index is 12.6. The van der Waals surface area contributed by atoms with Crippen LogP contribution in [0.1, 0.15) is 18.4 Å². The summed E-state index contributed by atoms with van der Waals surface area (Å²) in [6.45, 7) is -0.819. The summed E-state index contributed by atoms with van der Waals surface area (Å²) in [5.41, 5.74) is 0.844. The number of nitrogens with zero attached hydrogens (tertiary/aromatic N) is 2. The molecular formula is C13H16F3N3O2. The van der Waals surface area contributed by atoms with Crippen LogP contribution in [-0.4, -0.2) is 35.6 Å². The molecule has 0 atom stereocenters. The number of anilines is 1. The van der Waals surface area contributed by atoms with Crippen LogP contribution in [0.4, 0.5) is 24.5 Å². The van der Waals surface area contributed by atoms with E-state index in [4.69, 9.17) is 0 Å². The molecule has 0 aliphatic heterocycles. The highest BCUT2D eigenvalue weighted by Crippen LogP contribution is 2.32. The number of benzene rings is 1. The SMILES string of the molecule is CNc1cc(CN(CC(F)(F)F)C2CC2)ccc1[N+](=O)[O-]. The molecular weight excluding hydrogens is 287 g/mol. The molecule has 0 saturated heterocycles. The van der Waals surface area contributed by atoms with Crippen LogP contribution in [0.2, 0.25) is 0 Å². The van der Waals surface area contributed by atoms with E-state index in [2.05, 4.69) is 5.32 Å². The van der Waals surface area contributed by atoms with Crippen molar-refractivity contribution in [3.05, 3.63) is 33.9 Å². The summed E-state index contributed by atoms with van der Waals surface area (Å²) >= 11 is 0. The molecule has 116 valence electrons. The minimum atomic E-state index is -4.24. The van der Waals surface area contributed by atoms with Crippen molar-refractivity contribution in [2.45, 2.75) is 31.6 Å². The van der Waals surface area contributed by atoms with Crippen molar-refractivity contribution < 1.29 is 18.1 Å². The highest BCUT2D eigenvalue weighted by Gasteiger charge is 2.38. The first kappa shape index (κ1) is 15.6. The molecule has 0 bridgehead atoms. The fourth-order valence-corrected chi connectivity index (χ4v) is 2.26. The summed E-state index contributed by atoms with van der Waals surface area (Å²) < 4.78 is 37.7. The van der Waals surface area contributed by atoms with E-state index in [9.17, 15) is 23.3 Å². The quantitative estimate of drug-likeness (QED) is 0.648. The second-order valence-electron chi connectivity index (χ2n) is 5.11. The van der Waals surface area contributed by atoms with Crippen molar-refractivity contribution in [2.24, 2.45) is 0 Å². The van der Waals surface area contributed by atoms with Gasteiger partial charge in [-0.2, -0.15) is 13.2 Å². The fourth-order valence-electron chi connectivity index (χ4n) is 2.26. The molecule has 2 rings (SSSR count). The second-order valence-corrected chi connectivity index (χ2v) is 5.11. The van der Waals surface area contributed by atoms with Crippen molar-refractivity contribution in [2.75, 3.05) is 18.9 Å². The van der Waals surface area contributed by atoms with Crippen LogP contribution in [0, 0.1) is 10.1 Å². The molecule has 0 unspecified atom stereocenters. The molecule has 0 aromatic heterocycles. The molecule has 1 aliphatic carbocycles. The van der Waals surface area contributed by atoms with Crippen LogP contribution in [-0.2, 0) is 6.54 Å². The van der Waals surface area contributed by atoms with Gasteiger partial charge in [0.1, 0.15) is 5.69 Å². The van der Waals surface area contributed by atoms with Gasteiger partial charge in [0.15, 0.2) is 0 Å². The predicted molar refractivity (Wildman–Crippen MR) is 72.1 cm³/mol. The number of alkyl halides is 3. The summed E-state index contributed by atoms with van der Waals surface area (Å²) in [6, 6.07) is 4.31. The van der Waals surface area contributed by atoms with E-state index in [0.717, 1.165) is 12.8 Å². The standard InChI is InChI=1S/C13H16F3N3O2/c1-17-11-6-9(2-5-12(11)19(20)21)7-18(10-3-4-10)8-13(14,15)16/h2,5-6,10,17H,3-4,7-8H2,1H3. The van der Waals surface area contributed by atoms with Crippen molar-refractivity contribution in [3.8, 4) is 0 Å². The van der Waals surface area contributed by atoms with Crippen molar-refractivity contribution in [1.82, 2.24) is 4.90 Å². The predicted octanol–water partition coefficient (Wildman–Crippen LogP) is 3.16. The Hall–Kier alpha value is -1.83. The lowest BCUT2D eigenvalue weighted by Crippen LogP contribution is -2.35. The lowest BCUT2D eigenvalue weighted by Gasteiger charge is -2.23. The molecule has 0 amide bonds. The Bertz CT molecular complexity index is 530. The van der Waals surface area contributed by atoms with Gasteiger partial charge < -0.3 is 5.32 Å². The zero-order chi connectivity index (χ0) is 15.6. The van der Waals surface area contributed by atoms with Crippen LogP contribution >= 0.6 is 0 Å². The Morgan fingerprint density at radius 2 is 2.10 bits per heavy atom. The molecule has 1 aromatic rings. The van der Waals surface area contributed by atoms with Gasteiger partial charge in [0.05, 0.1) is 11.5 Å². The van der Waals surface area contributed by atoms with E-state index in [-0.39, 0.29) is 18.3 Å². The third kappa shape index (κ3) is 4.32. The smallest absolute Gasteiger partial charge is 0.383 e. The van der Waals surface area contributed by atoms with Crippen LogP contribution in [0.15, 0.2) is 18.2 Å². The summed E-state index contributed by atoms with van der Waals surface area (Å²) in [7, 11) is 1.54. The Balaban J connectivity index is 2.15. The van der Waals surface area contributed by atoms with E-state index >= 15 is 0 Å². The van der Waals surface area contributed by atoms with Gasteiger partial charge in [-0.3, -0.25) is 15.0 Å². The average Bonchev–Trinajstić information content (AvgIpc) is 3.20. The van der Waals surface area contributed by atoms with Crippen LogP contribution < -0.4 is 5.32 Å². The number of halogens is 3. The molecule has 1 saturated carbocycles. The molecule has 0 heterocycles. The van der Waals surface area contributed by atoms with Crippen LogP contribution in [0.25, 0.3) is 0 Å². The van der Waals surface area contributed by atoms with E-state index < -0.39 is 17.6 Å². The van der Waals surface area contributed by atoms with Crippen LogP contribution in [0.3, 0.4) is 0 Å². The van der Waals surface area contributed by atoms with Gasteiger partial charge in [-0.25, -0.2) is 0 Å². The lowest BCUT2D eigenvalue weighted by atomic mass is 10.1. The zero-order valence-electron chi connectivity index (χ0n) is 11.5. The van der Waals surface area contributed by atoms with E-state index in [1.807, 2.05) is 0 Å². The third-order valence-corrected chi connectivity index (χ3v) is 3.36. The minimum Gasteiger partial charge on any atom is -0.383 e. The van der Waals surface area contributed by atoms with Gasteiger partial charge in [0.25, 0.3) is 5.69 Å². The molecule has 0 radical (unpaired) electrons. The molecule has 1 N–H and O–H groups in total.